The first-order chi connectivity index (χ1) is 10.7. The Labute approximate surface area is 130 Å². The van der Waals surface area contributed by atoms with Crippen molar-refractivity contribution in [2.45, 2.75) is 44.9 Å². The van der Waals surface area contributed by atoms with Crippen molar-refractivity contribution in [3.05, 3.63) is 41.6 Å². The predicted octanol–water partition coefficient (Wildman–Crippen LogP) is 4.00. The van der Waals surface area contributed by atoms with E-state index in [1.165, 1.54) is 16.6 Å². The van der Waals surface area contributed by atoms with Crippen molar-refractivity contribution in [2.24, 2.45) is 5.41 Å². The molecule has 2 aliphatic rings. The van der Waals surface area contributed by atoms with Crippen LogP contribution in [0.2, 0.25) is 0 Å². The van der Waals surface area contributed by atoms with Gasteiger partial charge in [0.2, 0.25) is 0 Å². The molecule has 0 unspecified atom stereocenters. The van der Waals surface area contributed by atoms with E-state index in [2.05, 4.69) is 18.2 Å². The number of nitrogens with zero attached hydrogens (tertiary/aromatic N) is 1. The molecule has 22 heavy (non-hydrogen) atoms. The minimum atomic E-state index is -0.298. The minimum absolute atomic E-state index is 0.0105. The van der Waals surface area contributed by atoms with E-state index in [9.17, 15) is 4.79 Å². The van der Waals surface area contributed by atoms with Crippen LogP contribution in [0, 0.1) is 5.41 Å². The molecule has 0 spiro atoms. The Morgan fingerprint density at radius 3 is 3.09 bits per heavy atom. The van der Waals surface area contributed by atoms with Gasteiger partial charge in [0.05, 0.1) is 17.5 Å². The van der Waals surface area contributed by atoms with Crippen molar-refractivity contribution >= 4 is 16.9 Å². The van der Waals surface area contributed by atoms with Crippen LogP contribution in [-0.2, 0) is 16.0 Å². The summed E-state index contributed by atoms with van der Waals surface area (Å²) in [5.74, 6) is 0.295. The van der Waals surface area contributed by atoms with E-state index in [1.807, 2.05) is 19.1 Å². The molecule has 1 fully saturated rings. The second-order valence-corrected chi connectivity index (χ2v) is 6.54. The van der Waals surface area contributed by atoms with E-state index in [-0.39, 0.29) is 17.3 Å². The second kappa shape index (κ2) is 5.08. The average Bonchev–Trinajstić information content (AvgIpc) is 2.99. The lowest BCUT2D eigenvalue weighted by Gasteiger charge is -2.38. The number of benzene rings is 1. The molecule has 0 bridgehead atoms. The van der Waals surface area contributed by atoms with Gasteiger partial charge in [-0.1, -0.05) is 24.6 Å². The SMILES string of the molecule is CCOC(=O)[C@@]12CCC[C@H]1c1cc3ccccc3nc1CC2. The van der Waals surface area contributed by atoms with Gasteiger partial charge in [0, 0.05) is 17.0 Å². The molecule has 2 atom stereocenters. The van der Waals surface area contributed by atoms with Crippen LogP contribution in [0.15, 0.2) is 30.3 Å². The van der Waals surface area contributed by atoms with Gasteiger partial charge in [-0.15, -0.1) is 0 Å². The molecule has 1 heterocycles. The molecular weight excluding hydrogens is 274 g/mol. The van der Waals surface area contributed by atoms with Crippen molar-refractivity contribution < 1.29 is 9.53 Å². The quantitative estimate of drug-likeness (QED) is 0.786. The van der Waals surface area contributed by atoms with Gasteiger partial charge >= 0.3 is 5.97 Å². The molecule has 2 aromatic rings. The standard InChI is InChI=1S/C19H21NO2/c1-2-22-18(21)19-10-5-7-15(19)14-12-13-6-3-4-8-16(13)20-17(14)9-11-19/h3-4,6,8,12,15H,2,5,7,9-11H2,1H3/t15-,19+/m0/s1. The maximum absolute atomic E-state index is 12.6. The van der Waals surface area contributed by atoms with Crippen LogP contribution in [0.25, 0.3) is 10.9 Å². The van der Waals surface area contributed by atoms with Gasteiger partial charge in [0.25, 0.3) is 0 Å². The number of rotatable bonds is 2. The van der Waals surface area contributed by atoms with Crippen molar-refractivity contribution in [1.82, 2.24) is 4.98 Å². The highest BCUT2D eigenvalue weighted by molar-refractivity contribution is 5.82. The van der Waals surface area contributed by atoms with E-state index < -0.39 is 0 Å². The second-order valence-electron chi connectivity index (χ2n) is 6.54. The minimum Gasteiger partial charge on any atom is -0.466 e. The van der Waals surface area contributed by atoms with Crippen molar-refractivity contribution in [3.8, 4) is 0 Å². The van der Waals surface area contributed by atoms with Crippen molar-refractivity contribution in [2.75, 3.05) is 6.61 Å². The Bertz CT molecular complexity index is 739. The van der Waals surface area contributed by atoms with Crippen molar-refractivity contribution in [1.29, 1.82) is 0 Å². The maximum atomic E-state index is 12.6. The summed E-state index contributed by atoms with van der Waals surface area (Å²) in [6.45, 7) is 2.36. The summed E-state index contributed by atoms with van der Waals surface area (Å²) in [6.07, 6.45) is 4.91. The molecular formula is C19H21NO2. The van der Waals surface area contributed by atoms with Gasteiger partial charge in [0.1, 0.15) is 0 Å². The summed E-state index contributed by atoms with van der Waals surface area (Å²) < 4.78 is 5.43. The van der Waals surface area contributed by atoms with Crippen LogP contribution >= 0.6 is 0 Å². The molecule has 2 aliphatic carbocycles. The molecule has 3 heteroatoms. The van der Waals surface area contributed by atoms with E-state index >= 15 is 0 Å². The summed E-state index contributed by atoms with van der Waals surface area (Å²) in [5.41, 5.74) is 3.23. The Morgan fingerprint density at radius 2 is 2.23 bits per heavy atom. The Hall–Kier alpha value is -1.90. The summed E-state index contributed by atoms with van der Waals surface area (Å²) in [6, 6.07) is 10.5. The number of aryl methyl sites for hydroxylation is 1. The number of aromatic nitrogens is 1. The zero-order chi connectivity index (χ0) is 15.2. The van der Waals surface area contributed by atoms with Crippen LogP contribution in [0.1, 0.15) is 49.8 Å². The number of hydrogen-bond donors (Lipinski definition) is 0. The number of esters is 1. The first-order valence-electron chi connectivity index (χ1n) is 8.30. The molecule has 3 nitrogen and oxygen atoms in total. The molecule has 1 saturated carbocycles. The fourth-order valence-electron chi connectivity index (χ4n) is 4.46. The first-order valence-corrected chi connectivity index (χ1v) is 8.30. The fraction of sp³-hybridized carbons (Fsp3) is 0.474. The highest BCUT2D eigenvalue weighted by atomic mass is 16.5. The van der Waals surface area contributed by atoms with Gasteiger partial charge in [0.15, 0.2) is 0 Å². The predicted molar refractivity (Wildman–Crippen MR) is 85.7 cm³/mol. The molecule has 1 aromatic carbocycles. The van der Waals surface area contributed by atoms with Crippen LogP contribution in [0.3, 0.4) is 0 Å². The fourth-order valence-corrected chi connectivity index (χ4v) is 4.46. The number of carbonyl (C=O) groups excluding carboxylic acids is 1. The lowest BCUT2D eigenvalue weighted by atomic mass is 9.66. The van der Waals surface area contributed by atoms with Gasteiger partial charge in [-0.3, -0.25) is 9.78 Å². The summed E-state index contributed by atoms with van der Waals surface area (Å²) in [5, 5.41) is 1.17. The number of pyridine rings is 1. The first kappa shape index (κ1) is 13.7. The zero-order valence-electron chi connectivity index (χ0n) is 13.0. The Kier molecular flexibility index (Phi) is 3.17. The number of hydrogen-bond acceptors (Lipinski definition) is 3. The molecule has 114 valence electrons. The van der Waals surface area contributed by atoms with Crippen LogP contribution < -0.4 is 0 Å². The molecule has 0 radical (unpaired) electrons. The molecule has 0 amide bonds. The topological polar surface area (TPSA) is 39.2 Å². The van der Waals surface area contributed by atoms with E-state index in [4.69, 9.17) is 9.72 Å². The van der Waals surface area contributed by atoms with Crippen LogP contribution in [0.4, 0.5) is 0 Å². The number of ether oxygens (including phenoxy) is 1. The van der Waals surface area contributed by atoms with Gasteiger partial charge in [-0.2, -0.15) is 0 Å². The maximum Gasteiger partial charge on any atom is 0.312 e. The van der Waals surface area contributed by atoms with Crippen LogP contribution in [0.5, 0.6) is 0 Å². The molecule has 1 aromatic heterocycles. The lowest BCUT2D eigenvalue weighted by Crippen LogP contribution is -2.39. The molecule has 0 N–H and O–H groups in total. The smallest absolute Gasteiger partial charge is 0.312 e. The van der Waals surface area contributed by atoms with Crippen LogP contribution in [-0.4, -0.2) is 17.6 Å². The third-order valence-electron chi connectivity index (χ3n) is 5.48. The summed E-state index contributed by atoms with van der Waals surface area (Å²) in [7, 11) is 0. The van der Waals surface area contributed by atoms with Gasteiger partial charge in [-0.05, 0) is 50.3 Å². The monoisotopic (exact) mass is 295 g/mol. The lowest BCUT2D eigenvalue weighted by molar-refractivity contribution is -0.157. The molecule has 0 saturated heterocycles. The molecule has 0 aliphatic heterocycles. The van der Waals surface area contributed by atoms with E-state index in [0.717, 1.165) is 37.6 Å². The number of carbonyl (C=O) groups is 1. The largest absolute Gasteiger partial charge is 0.466 e. The van der Waals surface area contributed by atoms with E-state index in [0.29, 0.717) is 6.61 Å². The highest BCUT2D eigenvalue weighted by Crippen LogP contribution is 2.56. The highest BCUT2D eigenvalue weighted by Gasteiger charge is 2.53. The Morgan fingerprint density at radius 1 is 1.36 bits per heavy atom. The number of para-hydroxylation sites is 1. The van der Waals surface area contributed by atoms with Gasteiger partial charge in [-0.25, -0.2) is 0 Å². The van der Waals surface area contributed by atoms with Crippen molar-refractivity contribution in [3.63, 3.8) is 0 Å². The summed E-state index contributed by atoms with van der Waals surface area (Å²) >= 11 is 0. The number of fused-ring (bicyclic) bond motifs is 4. The third-order valence-corrected chi connectivity index (χ3v) is 5.48. The Balaban J connectivity index is 1.83. The normalized spacial score (nSPS) is 26.5. The summed E-state index contributed by atoms with van der Waals surface area (Å²) in [4.78, 5) is 17.5. The average molecular weight is 295 g/mol. The zero-order valence-corrected chi connectivity index (χ0v) is 13.0. The third kappa shape index (κ3) is 1.88. The van der Waals surface area contributed by atoms with Gasteiger partial charge < -0.3 is 4.74 Å². The molecule has 4 rings (SSSR count). The van der Waals surface area contributed by atoms with E-state index in [1.54, 1.807) is 0 Å².